The first-order valence-electron chi connectivity index (χ1n) is 6.00. The summed E-state index contributed by atoms with van der Waals surface area (Å²) >= 11 is 0. The average molecular weight is 283 g/mol. The predicted molar refractivity (Wildman–Crippen MR) is 72.3 cm³/mol. The molecule has 0 aliphatic heterocycles. The van der Waals surface area contributed by atoms with Crippen LogP contribution in [0.2, 0.25) is 0 Å². The molecule has 1 rings (SSSR count). The van der Waals surface area contributed by atoms with Gasteiger partial charge in [-0.1, -0.05) is 13.8 Å². The molecule has 1 aromatic carbocycles. The molecule has 0 radical (unpaired) electrons. The van der Waals surface area contributed by atoms with Crippen molar-refractivity contribution in [3.63, 3.8) is 0 Å². The molecule has 1 aromatic rings. The van der Waals surface area contributed by atoms with Crippen molar-refractivity contribution < 1.29 is 15.0 Å². The van der Waals surface area contributed by atoms with Crippen molar-refractivity contribution in [2.24, 2.45) is 5.41 Å². The van der Waals surface area contributed by atoms with Crippen molar-refractivity contribution in [3.05, 3.63) is 44.0 Å². The Morgan fingerprint density at radius 3 is 2.40 bits per heavy atom. The number of nitrogens with zero attached hydrogens (tertiary/aromatic N) is 2. The van der Waals surface area contributed by atoms with Crippen LogP contribution in [0.15, 0.2) is 18.2 Å². The molecule has 8 nitrogen and oxygen atoms in total. The highest BCUT2D eigenvalue weighted by Crippen LogP contribution is 2.24. The largest absolute Gasteiger partial charge is 0.396 e. The van der Waals surface area contributed by atoms with Gasteiger partial charge in [-0.3, -0.25) is 20.2 Å². The molecule has 0 spiro atoms. The topological polar surface area (TPSA) is 119 Å². The normalized spacial score (nSPS) is 11.3. The lowest BCUT2D eigenvalue weighted by molar-refractivity contribution is -0.394. The summed E-state index contributed by atoms with van der Waals surface area (Å²) in [7, 11) is 0. The van der Waals surface area contributed by atoms with Crippen LogP contribution in [0.25, 0.3) is 0 Å². The van der Waals surface area contributed by atoms with E-state index in [-0.39, 0.29) is 29.9 Å². The minimum absolute atomic E-state index is 0.0116. The van der Waals surface area contributed by atoms with Crippen LogP contribution in [-0.4, -0.2) is 28.1 Å². The van der Waals surface area contributed by atoms with Gasteiger partial charge < -0.3 is 10.4 Å². The number of rotatable bonds is 7. The van der Waals surface area contributed by atoms with Crippen LogP contribution in [0.1, 0.15) is 19.4 Å². The Morgan fingerprint density at radius 1 is 1.25 bits per heavy atom. The fourth-order valence-electron chi connectivity index (χ4n) is 1.58. The lowest BCUT2D eigenvalue weighted by Crippen LogP contribution is -2.32. The second-order valence-corrected chi connectivity index (χ2v) is 5.25. The van der Waals surface area contributed by atoms with Crippen molar-refractivity contribution in [2.75, 3.05) is 13.2 Å². The van der Waals surface area contributed by atoms with E-state index in [0.717, 1.165) is 6.07 Å². The predicted octanol–water partition coefficient (Wildman–Crippen LogP) is 1.61. The van der Waals surface area contributed by atoms with Gasteiger partial charge in [0.2, 0.25) is 0 Å². The molecule has 0 saturated carbocycles. The third-order valence-corrected chi connectivity index (χ3v) is 2.82. The van der Waals surface area contributed by atoms with Crippen LogP contribution in [0.5, 0.6) is 0 Å². The maximum absolute atomic E-state index is 10.9. The zero-order chi connectivity index (χ0) is 15.3. The number of nitro groups is 2. The molecule has 20 heavy (non-hydrogen) atoms. The second-order valence-electron chi connectivity index (χ2n) is 5.25. The van der Waals surface area contributed by atoms with Gasteiger partial charge in [0.25, 0.3) is 11.4 Å². The van der Waals surface area contributed by atoms with E-state index in [2.05, 4.69) is 5.32 Å². The number of nitrogens with one attached hydrogen (secondary N) is 1. The third-order valence-electron chi connectivity index (χ3n) is 2.82. The Morgan fingerprint density at radius 2 is 1.90 bits per heavy atom. The first kappa shape index (κ1) is 16.0. The second kappa shape index (κ2) is 6.40. The summed E-state index contributed by atoms with van der Waals surface area (Å²) in [5.41, 5.74) is -0.561. The van der Waals surface area contributed by atoms with Crippen molar-refractivity contribution >= 4 is 11.4 Å². The van der Waals surface area contributed by atoms with Crippen LogP contribution in [-0.2, 0) is 6.54 Å². The molecule has 0 amide bonds. The van der Waals surface area contributed by atoms with E-state index in [0.29, 0.717) is 12.1 Å². The standard InChI is InChI=1S/C12H17N3O5/c1-12(2,8-16)7-13-6-9-3-4-10(14(17)18)5-11(9)15(19)20/h3-5,13,16H,6-8H2,1-2H3. The fraction of sp³-hybridized carbons (Fsp3) is 0.500. The smallest absolute Gasteiger partial charge is 0.280 e. The summed E-state index contributed by atoms with van der Waals surface area (Å²) in [5.74, 6) is 0. The lowest BCUT2D eigenvalue weighted by atomic mass is 9.95. The van der Waals surface area contributed by atoms with Crippen molar-refractivity contribution in [1.29, 1.82) is 0 Å². The number of aliphatic hydroxyl groups excluding tert-OH is 1. The first-order valence-corrected chi connectivity index (χ1v) is 6.00. The van der Waals surface area contributed by atoms with Gasteiger partial charge >= 0.3 is 0 Å². The summed E-state index contributed by atoms with van der Waals surface area (Å²) in [4.78, 5) is 20.2. The summed E-state index contributed by atoms with van der Waals surface area (Å²) in [6.07, 6.45) is 0. The highest BCUT2D eigenvalue weighted by Gasteiger charge is 2.20. The van der Waals surface area contributed by atoms with Gasteiger partial charge in [0.1, 0.15) is 0 Å². The number of hydrogen-bond acceptors (Lipinski definition) is 6. The van der Waals surface area contributed by atoms with Gasteiger partial charge in [0.15, 0.2) is 0 Å². The van der Waals surface area contributed by atoms with Gasteiger partial charge in [0.05, 0.1) is 15.9 Å². The molecule has 0 saturated heterocycles. The summed E-state index contributed by atoms with van der Waals surface area (Å²) in [6, 6.07) is 3.56. The summed E-state index contributed by atoms with van der Waals surface area (Å²) in [6.45, 7) is 4.37. The molecule has 0 heterocycles. The zero-order valence-electron chi connectivity index (χ0n) is 11.3. The molecule has 0 bridgehead atoms. The van der Waals surface area contributed by atoms with Gasteiger partial charge in [-0.2, -0.15) is 0 Å². The molecular weight excluding hydrogens is 266 g/mol. The zero-order valence-corrected chi connectivity index (χ0v) is 11.3. The number of aliphatic hydroxyl groups is 1. The van der Waals surface area contributed by atoms with Crippen molar-refractivity contribution in [1.82, 2.24) is 5.32 Å². The highest BCUT2D eigenvalue weighted by atomic mass is 16.6. The van der Waals surface area contributed by atoms with Crippen molar-refractivity contribution in [2.45, 2.75) is 20.4 Å². The molecule has 0 aliphatic rings. The lowest BCUT2D eigenvalue weighted by Gasteiger charge is -2.21. The van der Waals surface area contributed by atoms with Crippen LogP contribution >= 0.6 is 0 Å². The van der Waals surface area contributed by atoms with Crippen LogP contribution in [0.4, 0.5) is 11.4 Å². The highest BCUT2D eigenvalue weighted by molar-refractivity contribution is 5.49. The minimum Gasteiger partial charge on any atom is -0.396 e. The first-order chi connectivity index (χ1) is 9.26. The summed E-state index contributed by atoms with van der Waals surface area (Å²) in [5, 5.41) is 33.6. The number of non-ortho nitro benzene ring substituents is 1. The fourth-order valence-corrected chi connectivity index (χ4v) is 1.58. The van der Waals surface area contributed by atoms with E-state index < -0.39 is 9.85 Å². The Hall–Kier alpha value is -2.06. The number of nitro benzene ring substituents is 2. The van der Waals surface area contributed by atoms with E-state index in [4.69, 9.17) is 5.11 Å². The molecule has 0 fully saturated rings. The van der Waals surface area contributed by atoms with Crippen molar-refractivity contribution in [3.8, 4) is 0 Å². The van der Waals surface area contributed by atoms with Crippen LogP contribution in [0, 0.1) is 25.6 Å². The molecule has 2 N–H and O–H groups in total. The van der Waals surface area contributed by atoms with E-state index in [1.165, 1.54) is 12.1 Å². The molecular formula is C12H17N3O5. The Bertz CT molecular complexity index is 516. The molecule has 0 aliphatic carbocycles. The quantitative estimate of drug-likeness (QED) is 0.579. The van der Waals surface area contributed by atoms with E-state index in [1.54, 1.807) is 0 Å². The summed E-state index contributed by atoms with van der Waals surface area (Å²) < 4.78 is 0. The molecule has 0 aromatic heterocycles. The maximum atomic E-state index is 10.9. The van der Waals surface area contributed by atoms with Gasteiger partial charge in [-0.25, -0.2) is 0 Å². The molecule has 8 heteroatoms. The van der Waals surface area contributed by atoms with E-state index >= 15 is 0 Å². The SMILES string of the molecule is CC(C)(CO)CNCc1ccc([N+](=O)[O-])cc1[N+](=O)[O-]. The monoisotopic (exact) mass is 283 g/mol. The Labute approximate surface area is 115 Å². The minimum atomic E-state index is -0.668. The molecule has 110 valence electrons. The maximum Gasteiger partial charge on any atom is 0.280 e. The van der Waals surface area contributed by atoms with Gasteiger partial charge in [-0.05, 0) is 6.07 Å². The molecule has 0 unspecified atom stereocenters. The van der Waals surface area contributed by atoms with E-state index in [1.807, 2.05) is 13.8 Å². The van der Waals surface area contributed by atoms with Crippen LogP contribution in [0.3, 0.4) is 0 Å². The third kappa shape index (κ3) is 4.25. The molecule has 0 atom stereocenters. The number of hydrogen-bond donors (Lipinski definition) is 2. The number of benzene rings is 1. The average Bonchev–Trinajstić information content (AvgIpc) is 2.38. The van der Waals surface area contributed by atoms with Gasteiger partial charge in [-0.15, -0.1) is 0 Å². The van der Waals surface area contributed by atoms with Gasteiger partial charge in [0, 0.05) is 36.7 Å². The van der Waals surface area contributed by atoms with Crippen LogP contribution < -0.4 is 5.32 Å². The Kier molecular flexibility index (Phi) is 5.12. The Balaban J connectivity index is 2.85. The van der Waals surface area contributed by atoms with E-state index in [9.17, 15) is 20.2 Å².